The first-order valence-corrected chi connectivity index (χ1v) is 4.50. The molecule has 0 aliphatic rings. The third-order valence-corrected chi connectivity index (χ3v) is 2.26. The quantitative estimate of drug-likeness (QED) is 0.659. The zero-order chi connectivity index (χ0) is 8.39. The van der Waals surface area contributed by atoms with Crippen molar-refractivity contribution in [2.45, 2.75) is 0 Å². The predicted molar refractivity (Wildman–Crippen MR) is 48.2 cm³/mol. The van der Waals surface area contributed by atoms with Crippen molar-refractivity contribution in [1.82, 2.24) is 15.0 Å². The Balaban J connectivity index is 2.48. The van der Waals surface area contributed by atoms with Crippen LogP contribution in [-0.2, 0) is 0 Å². The fraction of sp³-hybridized carbons (Fsp3) is 0. The summed E-state index contributed by atoms with van der Waals surface area (Å²) in [6.45, 7) is 0. The molecule has 0 aromatic carbocycles. The van der Waals surface area contributed by atoms with Crippen LogP contribution in [0.3, 0.4) is 0 Å². The van der Waals surface area contributed by atoms with E-state index < -0.39 is 0 Å². The fourth-order valence-electron chi connectivity index (χ4n) is 0.804. The molecule has 0 aliphatic heterocycles. The lowest BCUT2D eigenvalue weighted by molar-refractivity contribution is 1.16. The number of hydrogen-bond donors (Lipinski definition) is 0. The van der Waals surface area contributed by atoms with E-state index in [4.69, 9.17) is 11.6 Å². The fourth-order valence-corrected chi connectivity index (χ4v) is 1.56. The van der Waals surface area contributed by atoms with Crippen molar-refractivity contribution in [3.8, 4) is 10.7 Å². The Morgan fingerprint density at radius 2 is 2.17 bits per heavy atom. The van der Waals surface area contributed by atoms with Crippen LogP contribution in [0.5, 0.6) is 0 Å². The molecule has 0 aliphatic carbocycles. The van der Waals surface area contributed by atoms with E-state index in [0.29, 0.717) is 0 Å². The number of thiazole rings is 1. The molecule has 3 nitrogen and oxygen atoms in total. The van der Waals surface area contributed by atoms with Crippen LogP contribution in [0.1, 0.15) is 0 Å². The molecule has 0 N–H and O–H groups in total. The van der Waals surface area contributed by atoms with Crippen molar-refractivity contribution in [1.29, 1.82) is 0 Å². The van der Waals surface area contributed by atoms with Gasteiger partial charge in [-0.15, -0.1) is 11.3 Å². The lowest BCUT2D eigenvalue weighted by Crippen LogP contribution is -1.84. The molecular formula is C7H4ClN3S. The van der Waals surface area contributed by atoms with Gasteiger partial charge in [0, 0.05) is 17.8 Å². The molecule has 0 spiro atoms. The van der Waals surface area contributed by atoms with Crippen molar-refractivity contribution in [3.05, 3.63) is 29.1 Å². The number of aromatic nitrogens is 3. The molecule has 2 aromatic heterocycles. The molecule has 12 heavy (non-hydrogen) atoms. The standard InChI is InChI=1S/C7H4ClN3S/c8-7-10-2-1-5(11-7)6-9-3-4-12-6/h1-4H. The van der Waals surface area contributed by atoms with Gasteiger partial charge in [0.1, 0.15) is 10.7 Å². The summed E-state index contributed by atoms with van der Waals surface area (Å²) < 4.78 is 0. The molecular weight excluding hydrogens is 194 g/mol. The van der Waals surface area contributed by atoms with E-state index in [1.807, 2.05) is 5.38 Å². The highest BCUT2D eigenvalue weighted by Crippen LogP contribution is 2.19. The van der Waals surface area contributed by atoms with Crippen molar-refractivity contribution >= 4 is 22.9 Å². The van der Waals surface area contributed by atoms with E-state index in [9.17, 15) is 0 Å². The summed E-state index contributed by atoms with van der Waals surface area (Å²) >= 11 is 7.14. The van der Waals surface area contributed by atoms with Gasteiger partial charge in [-0.3, -0.25) is 0 Å². The Hall–Kier alpha value is -1.00. The maximum atomic E-state index is 5.62. The predicted octanol–water partition coefficient (Wildman–Crippen LogP) is 2.25. The summed E-state index contributed by atoms with van der Waals surface area (Å²) in [7, 11) is 0. The monoisotopic (exact) mass is 197 g/mol. The number of rotatable bonds is 1. The van der Waals surface area contributed by atoms with Crippen LogP contribution in [-0.4, -0.2) is 15.0 Å². The van der Waals surface area contributed by atoms with E-state index >= 15 is 0 Å². The SMILES string of the molecule is Clc1nccc(-c2nccs2)n1. The normalized spacial score (nSPS) is 10.1. The van der Waals surface area contributed by atoms with Gasteiger partial charge < -0.3 is 0 Å². The maximum absolute atomic E-state index is 5.62. The minimum absolute atomic E-state index is 0.253. The Morgan fingerprint density at radius 3 is 2.83 bits per heavy atom. The molecule has 2 aromatic rings. The largest absolute Gasteiger partial charge is 0.243 e. The zero-order valence-electron chi connectivity index (χ0n) is 5.94. The topological polar surface area (TPSA) is 38.7 Å². The van der Waals surface area contributed by atoms with Crippen LogP contribution in [0.25, 0.3) is 10.7 Å². The average molecular weight is 198 g/mol. The molecule has 0 unspecified atom stereocenters. The highest BCUT2D eigenvalue weighted by atomic mass is 35.5. The summed E-state index contributed by atoms with van der Waals surface area (Å²) in [4.78, 5) is 11.9. The zero-order valence-corrected chi connectivity index (χ0v) is 7.51. The number of halogens is 1. The van der Waals surface area contributed by atoms with E-state index in [1.54, 1.807) is 18.5 Å². The second-order valence-corrected chi connectivity index (χ2v) is 3.28. The van der Waals surface area contributed by atoms with Crippen LogP contribution in [0.15, 0.2) is 23.8 Å². The van der Waals surface area contributed by atoms with Crippen LogP contribution in [0, 0.1) is 0 Å². The average Bonchev–Trinajstić information content (AvgIpc) is 2.56. The summed E-state index contributed by atoms with van der Waals surface area (Å²) in [6, 6.07) is 1.78. The third kappa shape index (κ3) is 1.44. The first-order valence-electron chi connectivity index (χ1n) is 3.24. The van der Waals surface area contributed by atoms with E-state index in [0.717, 1.165) is 10.7 Å². The van der Waals surface area contributed by atoms with Gasteiger partial charge in [0.25, 0.3) is 0 Å². The Morgan fingerprint density at radius 1 is 1.25 bits per heavy atom. The summed E-state index contributed by atoms with van der Waals surface area (Å²) in [6.07, 6.45) is 3.35. The van der Waals surface area contributed by atoms with E-state index in [-0.39, 0.29) is 5.28 Å². The first-order chi connectivity index (χ1) is 5.86. The van der Waals surface area contributed by atoms with Gasteiger partial charge in [-0.05, 0) is 17.7 Å². The maximum Gasteiger partial charge on any atom is 0.222 e. The Kier molecular flexibility index (Phi) is 2.01. The molecule has 0 saturated carbocycles. The number of hydrogen-bond acceptors (Lipinski definition) is 4. The summed E-state index contributed by atoms with van der Waals surface area (Å²) in [5.41, 5.74) is 0.769. The summed E-state index contributed by atoms with van der Waals surface area (Å²) in [5, 5.41) is 3.01. The Bertz CT molecular complexity index is 374. The van der Waals surface area contributed by atoms with Gasteiger partial charge in [-0.2, -0.15) is 0 Å². The van der Waals surface area contributed by atoms with Crippen molar-refractivity contribution < 1.29 is 0 Å². The minimum Gasteiger partial charge on any atom is -0.243 e. The van der Waals surface area contributed by atoms with Gasteiger partial charge >= 0.3 is 0 Å². The van der Waals surface area contributed by atoms with Gasteiger partial charge in [0.2, 0.25) is 5.28 Å². The molecule has 0 amide bonds. The van der Waals surface area contributed by atoms with Gasteiger partial charge in [-0.25, -0.2) is 15.0 Å². The van der Waals surface area contributed by atoms with Crippen LogP contribution in [0.2, 0.25) is 5.28 Å². The van der Waals surface area contributed by atoms with E-state index in [2.05, 4.69) is 15.0 Å². The highest BCUT2D eigenvalue weighted by molar-refractivity contribution is 7.13. The first kappa shape index (κ1) is 7.64. The molecule has 0 atom stereocenters. The second kappa shape index (κ2) is 3.16. The van der Waals surface area contributed by atoms with Crippen molar-refractivity contribution in [2.24, 2.45) is 0 Å². The summed E-state index contributed by atoms with van der Waals surface area (Å²) in [5.74, 6) is 0. The second-order valence-electron chi connectivity index (χ2n) is 2.05. The van der Waals surface area contributed by atoms with Gasteiger partial charge in [-0.1, -0.05) is 0 Å². The molecule has 2 rings (SSSR count). The lowest BCUT2D eigenvalue weighted by Gasteiger charge is -1.93. The van der Waals surface area contributed by atoms with Crippen LogP contribution in [0.4, 0.5) is 0 Å². The highest BCUT2D eigenvalue weighted by Gasteiger charge is 2.01. The molecule has 60 valence electrons. The third-order valence-electron chi connectivity index (χ3n) is 1.28. The smallest absolute Gasteiger partial charge is 0.222 e. The minimum atomic E-state index is 0.253. The number of nitrogens with zero attached hydrogens (tertiary/aromatic N) is 3. The molecule has 0 fully saturated rings. The van der Waals surface area contributed by atoms with Crippen molar-refractivity contribution in [3.63, 3.8) is 0 Å². The lowest BCUT2D eigenvalue weighted by atomic mass is 10.4. The molecule has 5 heteroatoms. The van der Waals surface area contributed by atoms with Gasteiger partial charge in [0.05, 0.1) is 0 Å². The van der Waals surface area contributed by atoms with Crippen LogP contribution >= 0.6 is 22.9 Å². The molecule has 0 saturated heterocycles. The Labute approximate surface area is 78.1 Å². The van der Waals surface area contributed by atoms with Crippen LogP contribution < -0.4 is 0 Å². The van der Waals surface area contributed by atoms with E-state index in [1.165, 1.54) is 11.3 Å². The van der Waals surface area contributed by atoms with Crippen molar-refractivity contribution in [2.75, 3.05) is 0 Å². The van der Waals surface area contributed by atoms with Gasteiger partial charge in [0.15, 0.2) is 0 Å². The molecule has 0 radical (unpaired) electrons. The molecule has 0 bridgehead atoms. The molecule has 2 heterocycles.